The van der Waals surface area contributed by atoms with E-state index in [0.717, 1.165) is 38.3 Å². The Morgan fingerprint density at radius 2 is 2.06 bits per heavy atom. The Morgan fingerprint density at radius 3 is 2.61 bits per heavy atom. The fourth-order valence-corrected chi connectivity index (χ4v) is 2.56. The number of rotatable bonds is 7. The molecule has 0 saturated carbocycles. The third-order valence-electron chi connectivity index (χ3n) is 3.94. The second-order valence-electron chi connectivity index (χ2n) is 5.35. The van der Waals surface area contributed by atoms with Crippen LogP contribution in [0.2, 0.25) is 0 Å². The molecule has 1 atom stereocenters. The molecule has 3 N–H and O–H groups in total. The van der Waals surface area contributed by atoms with Crippen molar-refractivity contribution < 1.29 is 4.79 Å². The van der Waals surface area contributed by atoms with Crippen molar-refractivity contribution in [2.75, 3.05) is 26.2 Å². The summed E-state index contributed by atoms with van der Waals surface area (Å²) >= 11 is 0. The molecule has 1 unspecified atom stereocenters. The highest BCUT2D eigenvalue weighted by Crippen LogP contribution is 2.19. The lowest BCUT2D eigenvalue weighted by Crippen LogP contribution is -2.41. The molecule has 0 aliphatic carbocycles. The number of nitrogens with zero attached hydrogens (tertiary/aromatic N) is 1. The van der Waals surface area contributed by atoms with E-state index in [1.807, 2.05) is 0 Å². The lowest BCUT2D eigenvalue weighted by atomic mass is 9.93. The van der Waals surface area contributed by atoms with Crippen molar-refractivity contribution in [1.29, 1.82) is 0 Å². The van der Waals surface area contributed by atoms with Crippen LogP contribution in [0.3, 0.4) is 0 Å². The summed E-state index contributed by atoms with van der Waals surface area (Å²) in [6.07, 6.45) is 5.38. The molecular weight excluding hydrogens is 226 g/mol. The molecule has 0 aromatic rings. The van der Waals surface area contributed by atoms with E-state index in [1.165, 1.54) is 25.9 Å². The number of carbonyl (C=O) groups is 1. The van der Waals surface area contributed by atoms with E-state index < -0.39 is 0 Å². The van der Waals surface area contributed by atoms with Crippen molar-refractivity contribution in [1.82, 2.24) is 10.2 Å². The highest BCUT2D eigenvalue weighted by atomic mass is 16.2. The lowest BCUT2D eigenvalue weighted by Gasteiger charge is -2.31. The minimum Gasteiger partial charge on any atom is -0.355 e. The van der Waals surface area contributed by atoms with Crippen LogP contribution in [0.25, 0.3) is 0 Å². The summed E-state index contributed by atoms with van der Waals surface area (Å²) in [5.41, 5.74) is 5.76. The molecule has 0 aromatic heterocycles. The van der Waals surface area contributed by atoms with Crippen LogP contribution in [0.4, 0.5) is 0 Å². The van der Waals surface area contributed by atoms with Crippen LogP contribution in [0.5, 0.6) is 0 Å². The lowest BCUT2D eigenvalue weighted by molar-refractivity contribution is -0.122. The van der Waals surface area contributed by atoms with Crippen LogP contribution in [-0.4, -0.2) is 43.0 Å². The molecule has 1 rings (SSSR count). The van der Waals surface area contributed by atoms with Crippen LogP contribution >= 0.6 is 0 Å². The number of likely N-dealkylation sites (tertiary alicyclic amines) is 1. The minimum atomic E-state index is -0.322. The zero-order valence-electron chi connectivity index (χ0n) is 12.0. The molecule has 1 aliphatic heterocycles. The Morgan fingerprint density at radius 1 is 1.39 bits per heavy atom. The van der Waals surface area contributed by atoms with Crippen molar-refractivity contribution in [3.8, 4) is 0 Å². The van der Waals surface area contributed by atoms with Gasteiger partial charge in [0.1, 0.15) is 0 Å². The first-order valence-corrected chi connectivity index (χ1v) is 7.43. The summed E-state index contributed by atoms with van der Waals surface area (Å²) in [5.74, 6) is 0.790. The van der Waals surface area contributed by atoms with Crippen molar-refractivity contribution in [2.24, 2.45) is 11.7 Å². The van der Waals surface area contributed by atoms with E-state index in [9.17, 15) is 4.79 Å². The van der Waals surface area contributed by atoms with Gasteiger partial charge < -0.3 is 16.0 Å². The van der Waals surface area contributed by atoms with Gasteiger partial charge in [0.2, 0.25) is 5.91 Å². The molecule has 4 heteroatoms. The molecule has 1 amide bonds. The van der Waals surface area contributed by atoms with E-state index in [0.29, 0.717) is 0 Å². The molecule has 0 spiro atoms. The number of carbonyl (C=O) groups excluding carboxylic acids is 1. The van der Waals surface area contributed by atoms with Gasteiger partial charge in [-0.15, -0.1) is 0 Å². The van der Waals surface area contributed by atoms with Gasteiger partial charge in [0.15, 0.2) is 0 Å². The summed E-state index contributed by atoms with van der Waals surface area (Å²) < 4.78 is 0. The normalized spacial score (nSPS) is 19.7. The standard InChI is InChI=1S/C14H29N3O/c1-3-5-13(15)14(18)16-9-6-12-7-10-17(4-2)11-8-12/h12-13H,3-11,15H2,1-2H3,(H,16,18). The third-order valence-corrected chi connectivity index (χ3v) is 3.94. The molecule has 0 aromatic carbocycles. The Labute approximate surface area is 111 Å². The Kier molecular flexibility index (Phi) is 7.28. The van der Waals surface area contributed by atoms with Gasteiger partial charge in [0.25, 0.3) is 0 Å². The second-order valence-corrected chi connectivity index (χ2v) is 5.35. The Balaban J connectivity index is 2.09. The van der Waals surface area contributed by atoms with Crippen LogP contribution in [0.15, 0.2) is 0 Å². The van der Waals surface area contributed by atoms with Gasteiger partial charge in [0, 0.05) is 6.54 Å². The van der Waals surface area contributed by atoms with Gasteiger partial charge >= 0.3 is 0 Å². The first kappa shape index (κ1) is 15.4. The summed E-state index contributed by atoms with van der Waals surface area (Å²) in [5, 5.41) is 2.96. The highest BCUT2D eigenvalue weighted by Gasteiger charge is 2.18. The quantitative estimate of drug-likeness (QED) is 0.722. The zero-order chi connectivity index (χ0) is 13.4. The van der Waals surface area contributed by atoms with E-state index in [4.69, 9.17) is 5.73 Å². The van der Waals surface area contributed by atoms with Gasteiger partial charge in [-0.2, -0.15) is 0 Å². The van der Waals surface area contributed by atoms with Crippen molar-refractivity contribution in [3.05, 3.63) is 0 Å². The molecule has 1 heterocycles. The van der Waals surface area contributed by atoms with Crippen molar-refractivity contribution in [3.63, 3.8) is 0 Å². The number of hydrogen-bond donors (Lipinski definition) is 2. The van der Waals surface area contributed by atoms with Gasteiger partial charge in [0.05, 0.1) is 6.04 Å². The van der Waals surface area contributed by atoms with Crippen molar-refractivity contribution in [2.45, 2.75) is 52.0 Å². The minimum absolute atomic E-state index is 0.0165. The fourth-order valence-electron chi connectivity index (χ4n) is 2.56. The molecule has 1 fully saturated rings. The Bertz CT molecular complexity index is 237. The molecule has 0 radical (unpaired) electrons. The molecule has 1 saturated heterocycles. The van der Waals surface area contributed by atoms with Crippen LogP contribution in [0, 0.1) is 5.92 Å². The van der Waals surface area contributed by atoms with Gasteiger partial charge in [-0.25, -0.2) is 0 Å². The highest BCUT2D eigenvalue weighted by molar-refractivity contribution is 5.81. The van der Waals surface area contributed by atoms with Crippen LogP contribution < -0.4 is 11.1 Å². The first-order chi connectivity index (χ1) is 8.67. The third kappa shape index (κ3) is 5.36. The van der Waals surface area contributed by atoms with Crippen LogP contribution in [0.1, 0.15) is 46.0 Å². The molecule has 18 heavy (non-hydrogen) atoms. The van der Waals surface area contributed by atoms with Crippen molar-refractivity contribution >= 4 is 5.91 Å². The smallest absolute Gasteiger partial charge is 0.236 e. The molecule has 106 valence electrons. The number of amides is 1. The van der Waals surface area contributed by atoms with Gasteiger partial charge in [-0.1, -0.05) is 20.3 Å². The molecule has 4 nitrogen and oxygen atoms in total. The average molecular weight is 255 g/mol. The summed E-state index contributed by atoms with van der Waals surface area (Å²) in [7, 11) is 0. The average Bonchev–Trinajstić information content (AvgIpc) is 2.39. The summed E-state index contributed by atoms with van der Waals surface area (Å²) in [4.78, 5) is 14.1. The largest absolute Gasteiger partial charge is 0.355 e. The predicted molar refractivity (Wildman–Crippen MR) is 75.3 cm³/mol. The van der Waals surface area contributed by atoms with Gasteiger partial charge in [-0.3, -0.25) is 4.79 Å². The SMILES string of the molecule is CCCC(N)C(=O)NCCC1CCN(CC)CC1. The second kappa shape index (κ2) is 8.48. The fraction of sp³-hybridized carbons (Fsp3) is 0.929. The van der Waals surface area contributed by atoms with E-state index in [2.05, 4.69) is 24.1 Å². The first-order valence-electron chi connectivity index (χ1n) is 7.43. The summed E-state index contributed by atoms with van der Waals surface area (Å²) in [6, 6.07) is -0.322. The van der Waals surface area contributed by atoms with Gasteiger partial charge in [-0.05, 0) is 51.2 Å². The zero-order valence-corrected chi connectivity index (χ0v) is 12.0. The molecule has 0 bridgehead atoms. The van der Waals surface area contributed by atoms with E-state index in [-0.39, 0.29) is 11.9 Å². The summed E-state index contributed by atoms with van der Waals surface area (Å²) in [6.45, 7) is 8.64. The maximum Gasteiger partial charge on any atom is 0.236 e. The topological polar surface area (TPSA) is 58.4 Å². The maximum atomic E-state index is 11.6. The monoisotopic (exact) mass is 255 g/mol. The van der Waals surface area contributed by atoms with Crippen LogP contribution in [-0.2, 0) is 4.79 Å². The van der Waals surface area contributed by atoms with E-state index in [1.54, 1.807) is 0 Å². The predicted octanol–water partition coefficient (Wildman–Crippen LogP) is 1.35. The molecule has 1 aliphatic rings. The van der Waals surface area contributed by atoms with E-state index >= 15 is 0 Å². The maximum absolute atomic E-state index is 11.6. The number of hydrogen-bond acceptors (Lipinski definition) is 3. The number of nitrogens with two attached hydrogens (primary N) is 1. The Hall–Kier alpha value is -0.610. The number of piperidine rings is 1. The number of nitrogens with one attached hydrogen (secondary N) is 1. The molecular formula is C14H29N3O.